The van der Waals surface area contributed by atoms with Crippen LogP contribution in [0.25, 0.3) is 0 Å². The fourth-order valence-electron chi connectivity index (χ4n) is 9.87. The van der Waals surface area contributed by atoms with Crippen LogP contribution in [0.1, 0.15) is 92.4 Å². The maximum Gasteiger partial charge on any atom is 0.302 e. The Hall–Kier alpha value is -1.20. The van der Waals surface area contributed by atoms with Gasteiger partial charge >= 0.3 is 5.97 Å². The maximum atomic E-state index is 12.2. The molecular formula is C29H42O5. The van der Waals surface area contributed by atoms with Crippen molar-refractivity contribution in [2.45, 2.75) is 110 Å². The number of hydrogen-bond acceptors (Lipinski definition) is 5. The molecule has 0 aromatic heterocycles. The second kappa shape index (κ2) is 7.41. The summed E-state index contributed by atoms with van der Waals surface area (Å²) in [4.78, 5) is 23.6. The smallest absolute Gasteiger partial charge is 0.302 e. The lowest BCUT2D eigenvalue weighted by atomic mass is 9.47. The predicted molar refractivity (Wildman–Crippen MR) is 128 cm³/mol. The van der Waals surface area contributed by atoms with E-state index in [9.17, 15) is 9.59 Å². The number of Topliss-reactive ketones (excluding diaryl/α,β-unsaturated/α-hetero) is 1. The van der Waals surface area contributed by atoms with Crippen molar-refractivity contribution in [3.8, 4) is 0 Å². The van der Waals surface area contributed by atoms with Crippen molar-refractivity contribution < 1.29 is 23.8 Å². The van der Waals surface area contributed by atoms with Crippen LogP contribution < -0.4 is 0 Å². The van der Waals surface area contributed by atoms with E-state index >= 15 is 0 Å². The van der Waals surface area contributed by atoms with Crippen molar-refractivity contribution in [2.24, 2.45) is 40.4 Å². The number of allylic oxidation sites excluding steroid dienone is 2. The van der Waals surface area contributed by atoms with Gasteiger partial charge in [-0.3, -0.25) is 9.59 Å². The Labute approximate surface area is 204 Å². The maximum absolute atomic E-state index is 12.2. The van der Waals surface area contributed by atoms with Crippen LogP contribution in [-0.4, -0.2) is 35.9 Å². The van der Waals surface area contributed by atoms with Crippen LogP contribution >= 0.6 is 0 Å². The molecule has 0 aromatic rings. The summed E-state index contributed by atoms with van der Waals surface area (Å²) in [6.45, 7) is 11.2. The minimum atomic E-state index is -0.537. The quantitative estimate of drug-likeness (QED) is 0.388. The van der Waals surface area contributed by atoms with Crippen LogP contribution in [0.4, 0.5) is 0 Å². The molecular weight excluding hydrogens is 428 g/mol. The highest BCUT2D eigenvalue weighted by atomic mass is 16.7. The van der Waals surface area contributed by atoms with Gasteiger partial charge in [0.25, 0.3) is 0 Å². The molecule has 0 aromatic carbocycles. The Morgan fingerprint density at radius 3 is 2.71 bits per heavy atom. The molecule has 3 saturated carbocycles. The van der Waals surface area contributed by atoms with E-state index in [1.165, 1.54) is 25.3 Å². The average molecular weight is 471 g/mol. The molecule has 5 nitrogen and oxygen atoms in total. The molecule has 6 aliphatic rings. The fourth-order valence-corrected chi connectivity index (χ4v) is 9.87. The van der Waals surface area contributed by atoms with Gasteiger partial charge in [0.1, 0.15) is 18.0 Å². The summed E-state index contributed by atoms with van der Waals surface area (Å²) in [5, 5.41) is 0. The standard InChI is InChI=1S/C29H42O5/c1-17-25-24(33-29(17)13-12-26(3,34-29)16-32-18(2)30)15-23-21-7-6-19-14-20(31)8-10-27(19,4)22(21)9-11-28(23,25)5/h6,17,21-25H,7-16H2,1-5H3. The Kier molecular flexibility index (Phi) is 5.06. The number of carbonyl (C=O) groups excluding carboxylic acids is 2. The zero-order chi connectivity index (χ0) is 24.1. The van der Waals surface area contributed by atoms with Crippen LogP contribution in [0.15, 0.2) is 11.6 Å². The van der Waals surface area contributed by atoms with Crippen molar-refractivity contribution in [1.82, 2.24) is 0 Å². The first-order chi connectivity index (χ1) is 16.0. The SMILES string of the molecule is CC(=O)OCC1(C)CCC2(OC3CC4C5CC=C6CC(=O)CCC6(C)C5CCC4(C)C3C2C)O1. The molecule has 5 fully saturated rings. The summed E-state index contributed by atoms with van der Waals surface area (Å²) in [5.41, 5.74) is 1.48. The summed E-state index contributed by atoms with van der Waals surface area (Å²) in [7, 11) is 0. The second-order valence-corrected chi connectivity index (χ2v) is 13.4. The van der Waals surface area contributed by atoms with Crippen molar-refractivity contribution in [2.75, 3.05) is 6.61 Å². The van der Waals surface area contributed by atoms with E-state index in [1.54, 1.807) is 0 Å². The minimum Gasteiger partial charge on any atom is -0.463 e. The lowest BCUT2D eigenvalue weighted by Crippen LogP contribution is -2.51. The van der Waals surface area contributed by atoms with Gasteiger partial charge in [-0.25, -0.2) is 0 Å². The van der Waals surface area contributed by atoms with Gasteiger partial charge in [0.15, 0.2) is 5.79 Å². The summed E-state index contributed by atoms with van der Waals surface area (Å²) >= 11 is 0. The molecule has 6 rings (SSSR count). The van der Waals surface area contributed by atoms with E-state index in [-0.39, 0.29) is 22.9 Å². The molecule has 2 saturated heterocycles. The van der Waals surface area contributed by atoms with Gasteiger partial charge in [-0.15, -0.1) is 0 Å². The first-order valence-corrected chi connectivity index (χ1v) is 13.7. The average Bonchev–Trinajstić information content (AvgIpc) is 3.37. The number of fused-ring (bicyclic) bond motifs is 7. The minimum absolute atomic E-state index is 0.219. The van der Waals surface area contributed by atoms with Gasteiger partial charge in [-0.1, -0.05) is 32.4 Å². The zero-order valence-corrected chi connectivity index (χ0v) is 21.7. The van der Waals surface area contributed by atoms with Crippen LogP contribution in [0.5, 0.6) is 0 Å². The molecule has 0 N–H and O–H groups in total. The lowest BCUT2D eigenvalue weighted by Gasteiger charge is -2.57. The van der Waals surface area contributed by atoms with Crippen LogP contribution in [0.3, 0.4) is 0 Å². The molecule has 0 radical (unpaired) electrons. The van der Waals surface area contributed by atoms with Gasteiger partial charge in [-0.2, -0.15) is 0 Å². The molecule has 188 valence electrons. The number of carbonyl (C=O) groups is 2. The van der Waals surface area contributed by atoms with Crippen molar-refractivity contribution >= 4 is 11.8 Å². The Bertz CT molecular complexity index is 941. The van der Waals surface area contributed by atoms with E-state index in [0.717, 1.165) is 38.5 Å². The van der Waals surface area contributed by atoms with Crippen molar-refractivity contribution in [1.29, 1.82) is 0 Å². The highest BCUT2D eigenvalue weighted by Crippen LogP contribution is 2.71. The third-order valence-corrected chi connectivity index (χ3v) is 11.6. The highest BCUT2D eigenvalue weighted by molar-refractivity contribution is 5.82. The summed E-state index contributed by atoms with van der Waals surface area (Å²) in [6.07, 6.45) is 11.8. The van der Waals surface area contributed by atoms with E-state index in [4.69, 9.17) is 14.2 Å². The first-order valence-electron chi connectivity index (χ1n) is 13.7. The molecule has 34 heavy (non-hydrogen) atoms. The molecule has 10 unspecified atom stereocenters. The number of rotatable bonds is 2. The highest BCUT2D eigenvalue weighted by Gasteiger charge is 2.70. The lowest BCUT2D eigenvalue weighted by molar-refractivity contribution is -0.263. The normalized spacial score (nSPS) is 53.7. The zero-order valence-electron chi connectivity index (χ0n) is 21.7. The predicted octanol–water partition coefficient (Wildman–Crippen LogP) is 5.61. The molecule has 0 bridgehead atoms. The topological polar surface area (TPSA) is 61.8 Å². The molecule has 2 aliphatic heterocycles. The Morgan fingerprint density at radius 2 is 1.94 bits per heavy atom. The number of esters is 1. The third-order valence-electron chi connectivity index (χ3n) is 11.6. The van der Waals surface area contributed by atoms with Gasteiger partial charge in [0.2, 0.25) is 0 Å². The van der Waals surface area contributed by atoms with Crippen LogP contribution in [0.2, 0.25) is 0 Å². The largest absolute Gasteiger partial charge is 0.463 e. The van der Waals surface area contributed by atoms with Crippen molar-refractivity contribution in [3.05, 3.63) is 11.6 Å². The van der Waals surface area contributed by atoms with Crippen molar-refractivity contribution in [3.63, 3.8) is 0 Å². The van der Waals surface area contributed by atoms with E-state index < -0.39 is 11.4 Å². The number of ketones is 1. The molecule has 0 amide bonds. The molecule has 2 heterocycles. The molecule has 4 aliphatic carbocycles. The molecule has 10 atom stereocenters. The first kappa shape index (κ1) is 23.2. The van der Waals surface area contributed by atoms with Gasteiger partial charge in [0, 0.05) is 32.1 Å². The van der Waals surface area contributed by atoms with Gasteiger partial charge in [-0.05, 0) is 80.0 Å². The number of hydrogen-bond donors (Lipinski definition) is 0. The fraction of sp³-hybridized carbons (Fsp3) is 0.862. The summed E-state index contributed by atoms with van der Waals surface area (Å²) in [5.74, 6) is 2.58. The monoisotopic (exact) mass is 470 g/mol. The third kappa shape index (κ3) is 3.11. The van der Waals surface area contributed by atoms with Gasteiger partial charge in [0.05, 0.1) is 6.10 Å². The summed E-state index contributed by atoms with van der Waals surface area (Å²) in [6, 6.07) is 0. The van der Waals surface area contributed by atoms with E-state index in [0.29, 0.717) is 48.4 Å². The van der Waals surface area contributed by atoms with Gasteiger partial charge < -0.3 is 14.2 Å². The Balaban J connectivity index is 1.23. The number of ether oxygens (including phenoxy) is 3. The van der Waals surface area contributed by atoms with Crippen LogP contribution in [-0.2, 0) is 23.8 Å². The molecule has 1 spiro atoms. The second-order valence-electron chi connectivity index (χ2n) is 13.4. The molecule has 5 heteroatoms. The van der Waals surface area contributed by atoms with Crippen LogP contribution in [0, 0.1) is 40.4 Å². The van der Waals surface area contributed by atoms with E-state index in [1.807, 2.05) is 0 Å². The summed E-state index contributed by atoms with van der Waals surface area (Å²) < 4.78 is 18.9. The Morgan fingerprint density at radius 1 is 1.15 bits per heavy atom. The van der Waals surface area contributed by atoms with E-state index in [2.05, 4.69) is 33.8 Å².